The number of fused-ring (bicyclic) bond motifs is 10. The Hall–Kier alpha value is -3.39. The van der Waals surface area contributed by atoms with Crippen LogP contribution in [0.5, 0.6) is 0 Å². The maximum Gasteiger partial charge on any atom is 0.144 e. The fourth-order valence-electron chi connectivity index (χ4n) is 4.16. The molecule has 2 nitrogen and oxygen atoms in total. The number of nitrogens with zero attached hydrogens (tertiary/aromatic N) is 2. The molecule has 25 heavy (non-hydrogen) atoms. The summed E-state index contributed by atoms with van der Waals surface area (Å²) in [5.41, 5.74) is 2.22. The van der Waals surface area contributed by atoms with Crippen LogP contribution < -0.4 is 0 Å². The van der Waals surface area contributed by atoms with Gasteiger partial charge in [0.2, 0.25) is 0 Å². The first kappa shape index (κ1) is 13.0. The van der Waals surface area contributed by atoms with Crippen molar-refractivity contribution in [3.8, 4) is 0 Å². The van der Waals surface area contributed by atoms with E-state index in [1.807, 2.05) is 12.3 Å². The van der Waals surface area contributed by atoms with E-state index < -0.39 is 0 Å². The van der Waals surface area contributed by atoms with Crippen molar-refractivity contribution < 1.29 is 0 Å². The highest BCUT2D eigenvalue weighted by Gasteiger charge is 2.12. The average Bonchev–Trinajstić information content (AvgIpc) is 3.17. The molecule has 0 aliphatic rings. The summed E-state index contributed by atoms with van der Waals surface area (Å²) in [6.07, 6.45) is 3.96. The van der Waals surface area contributed by atoms with Gasteiger partial charge >= 0.3 is 0 Å². The summed E-state index contributed by atoms with van der Waals surface area (Å²) in [5, 5.41) is 8.94. The maximum absolute atomic E-state index is 4.62. The van der Waals surface area contributed by atoms with Crippen molar-refractivity contribution >= 4 is 48.9 Å². The van der Waals surface area contributed by atoms with Gasteiger partial charge in [-0.3, -0.25) is 0 Å². The van der Waals surface area contributed by atoms with Crippen LogP contribution in [0.25, 0.3) is 48.9 Å². The van der Waals surface area contributed by atoms with Crippen molar-refractivity contribution in [2.45, 2.75) is 0 Å². The summed E-state index contributed by atoms with van der Waals surface area (Å²) in [7, 11) is 0. The van der Waals surface area contributed by atoms with Crippen LogP contribution >= 0.6 is 0 Å². The molecule has 0 fully saturated rings. The molecule has 0 bridgehead atoms. The van der Waals surface area contributed by atoms with Crippen LogP contribution in [0.2, 0.25) is 0 Å². The third-order valence-corrected chi connectivity index (χ3v) is 5.24. The van der Waals surface area contributed by atoms with Crippen molar-refractivity contribution in [2.24, 2.45) is 0 Å². The third kappa shape index (κ3) is 1.61. The third-order valence-electron chi connectivity index (χ3n) is 5.24. The number of pyridine rings is 2. The van der Waals surface area contributed by atoms with Crippen LogP contribution in [0.3, 0.4) is 0 Å². The van der Waals surface area contributed by atoms with Gasteiger partial charge in [0.25, 0.3) is 0 Å². The molecule has 3 heterocycles. The summed E-state index contributed by atoms with van der Waals surface area (Å²) in [4.78, 5) is 4.62. The molecule has 116 valence electrons. The lowest BCUT2D eigenvalue weighted by Gasteiger charge is -2.12. The molecule has 0 N–H and O–H groups in total. The molecule has 0 saturated heterocycles. The largest absolute Gasteiger partial charge is 0.301 e. The Balaban J connectivity index is 1.99. The van der Waals surface area contributed by atoms with Crippen LogP contribution in [0.15, 0.2) is 85.2 Å². The molecule has 0 radical (unpaired) electrons. The minimum atomic E-state index is 1.01. The van der Waals surface area contributed by atoms with E-state index in [1.54, 1.807) is 0 Å². The quantitative estimate of drug-likeness (QED) is 0.316. The molecule has 0 atom stereocenters. The molecule has 3 aromatic heterocycles. The van der Waals surface area contributed by atoms with Gasteiger partial charge in [0.15, 0.2) is 0 Å². The summed E-state index contributed by atoms with van der Waals surface area (Å²) < 4.78 is 2.20. The molecule has 0 unspecified atom stereocenters. The van der Waals surface area contributed by atoms with Gasteiger partial charge in [-0.25, -0.2) is 4.98 Å². The standard InChI is InChI=1S/C23H14N2/c1-2-6-16-15(5-1)9-10-18-17(16)11-12-19-20-7-3-13-24-23(20)25-14-4-8-21(25)22(18)19/h1-14H. The molecule has 0 aliphatic heterocycles. The number of benzene rings is 3. The van der Waals surface area contributed by atoms with E-state index in [-0.39, 0.29) is 0 Å². The highest BCUT2D eigenvalue weighted by Crippen LogP contribution is 2.36. The average molecular weight is 318 g/mol. The van der Waals surface area contributed by atoms with Gasteiger partial charge in [0.05, 0.1) is 5.52 Å². The minimum Gasteiger partial charge on any atom is -0.301 e. The van der Waals surface area contributed by atoms with Gasteiger partial charge in [-0.15, -0.1) is 0 Å². The second kappa shape index (κ2) is 4.58. The molecule has 0 aliphatic carbocycles. The van der Waals surface area contributed by atoms with Crippen LogP contribution in [0.1, 0.15) is 0 Å². The summed E-state index contributed by atoms with van der Waals surface area (Å²) in [5.74, 6) is 0. The van der Waals surface area contributed by atoms with Gasteiger partial charge in [-0.05, 0) is 51.2 Å². The smallest absolute Gasteiger partial charge is 0.144 e. The second-order valence-corrected chi connectivity index (χ2v) is 6.51. The second-order valence-electron chi connectivity index (χ2n) is 6.51. The molecule has 6 aromatic rings. The maximum atomic E-state index is 4.62. The SMILES string of the molecule is c1ccc2c(c1)ccc1c2ccc2c3cccnc3n3cccc3c12. The lowest BCUT2D eigenvalue weighted by atomic mass is 9.96. The normalized spacial score (nSPS) is 12.0. The van der Waals surface area contributed by atoms with Gasteiger partial charge < -0.3 is 4.40 Å². The first-order chi connectivity index (χ1) is 12.4. The van der Waals surface area contributed by atoms with Crippen molar-refractivity contribution in [1.82, 2.24) is 9.38 Å². The van der Waals surface area contributed by atoms with Crippen molar-refractivity contribution in [1.29, 1.82) is 0 Å². The summed E-state index contributed by atoms with van der Waals surface area (Å²) >= 11 is 0. The number of rotatable bonds is 0. The molecule has 0 spiro atoms. The van der Waals surface area contributed by atoms with E-state index >= 15 is 0 Å². The molecule has 2 heteroatoms. The lowest BCUT2D eigenvalue weighted by molar-refractivity contribution is 1.21. The number of hydrogen-bond donors (Lipinski definition) is 0. The molecule has 3 aromatic carbocycles. The highest BCUT2D eigenvalue weighted by atomic mass is 15.0. The Labute approximate surface area is 143 Å². The minimum absolute atomic E-state index is 1.01. The Morgan fingerprint density at radius 2 is 1.40 bits per heavy atom. The predicted octanol–water partition coefficient (Wildman–Crippen LogP) is 5.95. The highest BCUT2D eigenvalue weighted by molar-refractivity contribution is 6.25. The van der Waals surface area contributed by atoms with Gasteiger partial charge in [-0.2, -0.15) is 0 Å². The lowest BCUT2D eigenvalue weighted by Crippen LogP contribution is -1.92. The van der Waals surface area contributed by atoms with Crippen LogP contribution in [-0.4, -0.2) is 9.38 Å². The topological polar surface area (TPSA) is 17.3 Å². The van der Waals surface area contributed by atoms with E-state index in [0.29, 0.717) is 0 Å². The predicted molar refractivity (Wildman–Crippen MR) is 105 cm³/mol. The zero-order valence-electron chi connectivity index (χ0n) is 13.5. The molecule has 0 amide bonds. The van der Waals surface area contributed by atoms with Crippen LogP contribution in [0, 0.1) is 0 Å². The Bertz CT molecular complexity index is 1440. The van der Waals surface area contributed by atoms with E-state index in [4.69, 9.17) is 0 Å². The van der Waals surface area contributed by atoms with E-state index in [0.717, 1.165) is 5.65 Å². The van der Waals surface area contributed by atoms with Gasteiger partial charge in [-0.1, -0.05) is 48.5 Å². The molecule has 0 saturated carbocycles. The fraction of sp³-hybridized carbons (Fsp3) is 0. The van der Waals surface area contributed by atoms with E-state index in [1.165, 1.54) is 43.2 Å². The first-order valence-corrected chi connectivity index (χ1v) is 8.50. The van der Waals surface area contributed by atoms with Crippen molar-refractivity contribution in [3.63, 3.8) is 0 Å². The number of aromatic nitrogens is 2. The monoisotopic (exact) mass is 318 g/mol. The Morgan fingerprint density at radius 3 is 2.40 bits per heavy atom. The Kier molecular flexibility index (Phi) is 2.37. The zero-order valence-corrected chi connectivity index (χ0v) is 13.5. The van der Waals surface area contributed by atoms with Gasteiger partial charge in [0.1, 0.15) is 5.65 Å². The Morgan fingerprint density at radius 1 is 0.600 bits per heavy atom. The fourth-order valence-corrected chi connectivity index (χ4v) is 4.16. The zero-order chi connectivity index (χ0) is 16.4. The molecular weight excluding hydrogens is 304 g/mol. The van der Waals surface area contributed by atoms with Crippen LogP contribution in [-0.2, 0) is 0 Å². The summed E-state index contributed by atoms with van der Waals surface area (Å²) in [6.45, 7) is 0. The van der Waals surface area contributed by atoms with Crippen LogP contribution in [0.4, 0.5) is 0 Å². The molecule has 6 rings (SSSR count). The van der Waals surface area contributed by atoms with Gasteiger partial charge in [0, 0.05) is 23.2 Å². The summed E-state index contributed by atoms with van der Waals surface area (Å²) in [6, 6.07) is 26.1. The van der Waals surface area contributed by atoms with E-state index in [2.05, 4.69) is 82.3 Å². The van der Waals surface area contributed by atoms with Crippen molar-refractivity contribution in [3.05, 3.63) is 85.2 Å². The number of hydrogen-bond acceptors (Lipinski definition) is 1. The van der Waals surface area contributed by atoms with E-state index in [9.17, 15) is 0 Å². The van der Waals surface area contributed by atoms with Crippen molar-refractivity contribution in [2.75, 3.05) is 0 Å². The molecular formula is C23H14N2. The first-order valence-electron chi connectivity index (χ1n) is 8.50.